The van der Waals surface area contributed by atoms with E-state index in [2.05, 4.69) is 28.4 Å². The molecule has 0 spiro atoms. The molecule has 6 heteroatoms. The van der Waals surface area contributed by atoms with E-state index in [0.717, 1.165) is 44.2 Å². The predicted molar refractivity (Wildman–Crippen MR) is 119 cm³/mol. The van der Waals surface area contributed by atoms with Gasteiger partial charge in [-0.3, -0.25) is 14.6 Å². The second-order valence-corrected chi connectivity index (χ2v) is 7.79. The maximum absolute atomic E-state index is 12.4. The number of rotatable bonds is 10. The molecule has 1 N–H and O–H groups in total. The molecule has 1 amide bonds. The highest BCUT2D eigenvalue weighted by atomic mass is 16.5. The van der Waals surface area contributed by atoms with Gasteiger partial charge in [-0.1, -0.05) is 42.5 Å². The third-order valence-corrected chi connectivity index (χ3v) is 5.33. The van der Waals surface area contributed by atoms with Crippen molar-refractivity contribution in [3.05, 3.63) is 65.2 Å². The molecule has 1 aliphatic heterocycles. The summed E-state index contributed by atoms with van der Waals surface area (Å²) in [7, 11) is 1.94. The van der Waals surface area contributed by atoms with E-state index in [9.17, 15) is 4.79 Å². The van der Waals surface area contributed by atoms with Gasteiger partial charge in [0.2, 0.25) is 5.91 Å². The number of hydrogen-bond donors (Lipinski definition) is 1. The maximum Gasteiger partial charge on any atom is 0.234 e. The van der Waals surface area contributed by atoms with Crippen molar-refractivity contribution in [1.29, 1.82) is 0 Å². The van der Waals surface area contributed by atoms with Crippen LogP contribution < -0.4 is 10.1 Å². The van der Waals surface area contributed by atoms with Crippen molar-refractivity contribution < 1.29 is 14.3 Å². The second kappa shape index (κ2) is 11.7. The van der Waals surface area contributed by atoms with Gasteiger partial charge in [0.1, 0.15) is 12.4 Å². The SMILES string of the molecule is Cc1ccccc1OCCN(C)CC(=O)NCc1ccccc1CN1CCOCC1. The predicted octanol–water partition coefficient (Wildman–Crippen LogP) is 2.45. The van der Waals surface area contributed by atoms with E-state index in [1.807, 2.05) is 49.2 Å². The fourth-order valence-electron chi connectivity index (χ4n) is 3.49. The lowest BCUT2D eigenvalue weighted by atomic mass is 10.1. The average molecular weight is 412 g/mol. The number of nitrogens with one attached hydrogen (secondary N) is 1. The highest BCUT2D eigenvalue weighted by Crippen LogP contribution is 2.16. The van der Waals surface area contributed by atoms with Crippen molar-refractivity contribution in [3.8, 4) is 5.75 Å². The third-order valence-electron chi connectivity index (χ3n) is 5.33. The molecule has 0 unspecified atom stereocenters. The Morgan fingerprint density at radius 3 is 2.57 bits per heavy atom. The fourth-order valence-corrected chi connectivity index (χ4v) is 3.49. The quantitative estimate of drug-likeness (QED) is 0.651. The summed E-state index contributed by atoms with van der Waals surface area (Å²) in [4.78, 5) is 16.8. The minimum Gasteiger partial charge on any atom is -0.492 e. The maximum atomic E-state index is 12.4. The van der Waals surface area contributed by atoms with Gasteiger partial charge in [-0.05, 0) is 36.7 Å². The topological polar surface area (TPSA) is 54.0 Å². The summed E-state index contributed by atoms with van der Waals surface area (Å²) < 4.78 is 11.2. The Hall–Kier alpha value is -2.41. The van der Waals surface area contributed by atoms with E-state index in [1.54, 1.807) is 0 Å². The lowest BCUT2D eigenvalue weighted by molar-refractivity contribution is -0.122. The first-order valence-electron chi connectivity index (χ1n) is 10.6. The van der Waals surface area contributed by atoms with Crippen molar-refractivity contribution in [1.82, 2.24) is 15.1 Å². The number of para-hydroxylation sites is 1. The van der Waals surface area contributed by atoms with Crippen molar-refractivity contribution in [2.24, 2.45) is 0 Å². The van der Waals surface area contributed by atoms with Crippen LogP contribution in [0.1, 0.15) is 16.7 Å². The molecule has 1 fully saturated rings. The van der Waals surface area contributed by atoms with Crippen molar-refractivity contribution >= 4 is 5.91 Å². The molecule has 1 aliphatic rings. The summed E-state index contributed by atoms with van der Waals surface area (Å²) in [5, 5.41) is 3.06. The van der Waals surface area contributed by atoms with Gasteiger partial charge in [-0.2, -0.15) is 0 Å². The number of morpholine rings is 1. The van der Waals surface area contributed by atoms with E-state index in [0.29, 0.717) is 26.2 Å². The van der Waals surface area contributed by atoms with Crippen LogP contribution in [0.15, 0.2) is 48.5 Å². The Labute approximate surface area is 179 Å². The number of ether oxygens (including phenoxy) is 2. The van der Waals surface area contributed by atoms with Crippen LogP contribution in [0.3, 0.4) is 0 Å². The fraction of sp³-hybridized carbons (Fsp3) is 0.458. The zero-order chi connectivity index (χ0) is 21.2. The molecular weight excluding hydrogens is 378 g/mol. The first kappa shape index (κ1) is 22.3. The van der Waals surface area contributed by atoms with Gasteiger partial charge in [0, 0.05) is 32.7 Å². The molecule has 0 aromatic heterocycles. The van der Waals surface area contributed by atoms with E-state index in [4.69, 9.17) is 9.47 Å². The molecule has 2 aromatic carbocycles. The van der Waals surface area contributed by atoms with Crippen LogP contribution in [-0.4, -0.2) is 68.8 Å². The minimum absolute atomic E-state index is 0.0227. The van der Waals surface area contributed by atoms with Gasteiger partial charge >= 0.3 is 0 Å². The number of carbonyl (C=O) groups is 1. The van der Waals surface area contributed by atoms with Gasteiger partial charge < -0.3 is 14.8 Å². The Bertz CT molecular complexity index is 806. The largest absolute Gasteiger partial charge is 0.492 e. The normalized spacial score (nSPS) is 14.6. The number of aryl methyl sites for hydroxylation is 1. The van der Waals surface area contributed by atoms with E-state index in [-0.39, 0.29) is 5.91 Å². The summed E-state index contributed by atoms with van der Waals surface area (Å²) >= 11 is 0. The van der Waals surface area contributed by atoms with Crippen LogP contribution in [0.25, 0.3) is 0 Å². The average Bonchev–Trinajstić information content (AvgIpc) is 2.75. The van der Waals surface area contributed by atoms with Crippen LogP contribution in [0, 0.1) is 6.92 Å². The van der Waals surface area contributed by atoms with Gasteiger partial charge in [0.05, 0.1) is 19.8 Å². The number of carbonyl (C=O) groups excluding carboxylic acids is 1. The lowest BCUT2D eigenvalue weighted by Gasteiger charge is -2.27. The summed E-state index contributed by atoms with van der Waals surface area (Å²) in [6.07, 6.45) is 0. The molecule has 6 nitrogen and oxygen atoms in total. The van der Waals surface area contributed by atoms with E-state index < -0.39 is 0 Å². The first-order valence-corrected chi connectivity index (χ1v) is 10.6. The zero-order valence-electron chi connectivity index (χ0n) is 18.1. The monoisotopic (exact) mass is 411 g/mol. The second-order valence-electron chi connectivity index (χ2n) is 7.79. The smallest absolute Gasteiger partial charge is 0.234 e. The Kier molecular flexibility index (Phi) is 8.68. The van der Waals surface area contributed by atoms with Crippen LogP contribution in [0.4, 0.5) is 0 Å². The number of nitrogens with zero attached hydrogens (tertiary/aromatic N) is 2. The van der Waals surface area contributed by atoms with Crippen LogP contribution in [-0.2, 0) is 22.6 Å². The van der Waals surface area contributed by atoms with Gasteiger partial charge in [-0.25, -0.2) is 0 Å². The Morgan fingerprint density at radius 1 is 1.10 bits per heavy atom. The number of hydrogen-bond acceptors (Lipinski definition) is 5. The molecule has 1 saturated heterocycles. The van der Waals surface area contributed by atoms with Crippen molar-refractivity contribution in [3.63, 3.8) is 0 Å². The minimum atomic E-state index is 0.0227. The molecular formula is C24H33N3O3. The summed E-state index contributed by atoms with van der Waals surface area (Å²) in [6, 6.07) is 16.3. The van der Waals surface area contributed by atoms with Gasteiger partial charge in [0.25, 0.3) is 0 Å². The van der Waals surface area contributed by atoms with Crippen molar-refractivity contribution in [2.45, 2.75) is 20.0 Å². The summed E-state index contributed by atoms with van der Waals surface area (Å²) in [5.41, 5.74) is 3.55. The van der Waals surface area contributed by atoms with Crippen molar-refractivity contribution in [2.75, 3.05) is 53.0 Å². The molecule has 0 bridgehead atoms. The Morgan fingerprint density at radius 2 is 1.80 bits per heavy atom. The van der Waals surface area contributed by atoms with Crippen LogP contribution in [0.2, 0.25) is 0 Å². The lowest BCUT2D eigenvalue weighted by Crippen LogP contribution is -2.37. The molecule has 2 aromatic rings. The molecule has 1 heterocycles. The van der Waals surface area contributed by atoms with Crippen LogP contribution >= 0.6 is 0 Å². The Balaban J connectivity index is 1.40. The molecule has 0 saturated carbocycles. The standard InChI is InChI=1S/C24H33N3O3/c1-20-7-3-6-10-23(20)30-16-11-26(2)19-24(28)25-17-21-8-4-5-9-22(21)18-27-12-14-29-15-13-27/h3-10H,11-19H2,1-2H3,(H,25,28). The molecule has 30 heavy (non-hydrogen) atoms. The molecule has 0 atom stereocenters. The number of amides is 1. The molecule has 3 rings (SSSR count). The summed E-state index contributed by atoms with van der Waals surface area (Å²) in [6.45, 7) is 8.56. The first-order chi connectivity index (χ1) is 14.6. The zero-order valence-corrected chi connectivity index (χ0v) is 18.1. The van der Waals surface area contributed by atoms with Crippen LogP contribution in [0.5, 0.6) is 5.75 Å². The molecule has 0 radical (unpaired) electrons. The molecule has 162 valence electrons. The van der Waals surface area contributed by atoms with E-state index in [1.165, 1.54) is 11.1 Å². The number of benzene rings is 2. The van der Waals surface area contributed by atoms with Gasteiger partial charge in [0.15, 0.2) is 0 Å². The highest BCUT2D eigenvalue weighted by Gasteiger charge is 2.13. The number of likely N-dealkylation sites (N-methyl/N-ethyl adjacent to an activating group) is 1. The van der Waals surface area contributed by atoms with Gasteiger partial charge in [-0.15, -0.1) is 0 Å². The van der Waals surface area contributed by atoms with E-state index >= 15 is 0 Å². The highest BCUT2D eigenvalue weighted by molar-refractivity contribution is 5.78. The third kappa shape index (κ3) is 7.13. The molecule has 0 aliphatic carbocycles. The summed E-state index contributed by atoms with van der Waals surface area (Å²) in [5.74, 6) is 0.918.